The van der Waals surface area contributed by atoms with Gasteiger partial charge in [0.25, 0.3) is 11.8 Å². The van der Waals surface area contributed by atoms with Crippen molar-refractivity contribution >= 4 is 29.0 Å². The number of carbonyl (C=O) groups is 2. The van der Waals surface area contributed by atoms with E-state index in [1.165, 1.54) is 0 Å². The highest BCUT2D eigenvalue weighted by molar-refractivity contribution is 6.55. The van der Waals surface area contributed by atoms with Crippen LogP contribution in [0.5, 0.6) is 11.5 Å². The molecule has 0 bridgehead atoms. The van der Waals surface area contributed by atoms with Gasteiger partial charge in [-0.2, -0.15) is 0 Å². The van der Waals surface area contributed by atoms with E-state index in [-0.39, 0.29) is 29.9 Å². The van der Waals surface area contributed by atoms with Crippen LogP contribution >= 0.6 is 11.6 Å². The second kappa shape index (κ2) is 8.70. The number of carbonyl (C=O) groups excluding carboxylic acids is 2. The van der Waals surface area contributed by atoms with Crippen molar-refractivity contribution in [2.75, 3.05) is 13.2 Å². The minimum Gasteiger partial charge on any atom is -0.492 e. The number of hydrogen-bond donors (Lipinski definition) is 0. The fourth-order valence-electron chi connectivity index (χ4n) is 3.24. The summed E-state index contributed by atoms with van der Waals surface area (Å²) in [6.07, 6.45) is 0.0472. The van der Waals surface area contributed by atoms with E-state index >= 15 is 0 Å². The minimum atomic E-state index is -0.502. The molecule has 3 rings (SSSR count). The Morgan fingerprint density at radius 3 is 2.14 bits per heavy atom. The number of rotatable bonds is 7. The van der Waals surface area contributed by atoms with Crippen LogP contribution in [0.2, 0.25) is 0 Å². The van der Waals surface area contributed by atoms with Crippen molar-refractivity contribution in [3.05, 3.63) is 64.2 Å². The predicted octanol–water partition coefficient (Wildman–Crippen LogP) is 4.49. The lowest BCUT2D eigenvalue weighted by atomic mass is 10.1. The lowest BCUT2D eigenvalue weighted by Gasteiger charge is -2.16. The van der Waals surface area contributed by atoms with Gasteiger partial charge in [0.1, 0.15) is 23.1 Å². The fourth-order valence-corrected chi connectivity index (χ4v) is 3.54. The number of halogens is 1. The van der Waals surface area contributed by atoms with E-state index in [1.54, 1.807) is 24.3 Å². The van der Waals surface area contributed by atoms with Crippen LogP contribution in [0.3, 0.4) is 0 Å². The first-order chi connectivity index (χ1) is 13.8. The van der Waals surface area contributed by atoms with Crippen LogP contribution in [-0.4, -0.2) is 36.0 Å². The molecule has 6 heteroatoms. The molecule has 0 fully saturated rings. The molecule has 0 aliphatic carbocycles. The molecule has 0 saturated carbocycles. The second-order valence-corrected chi connectivity index (χ2v) is 7.69. The van der Waals surface area contributed by atoms with Crippen LogP contribution in [0.25, 0.3) is 5.57 Å². The average molecular weight is 414 g/mol. The third kappa shape index (κ3) is 4.80. The molecule has 2 aromatic carbocycles. The Kier molecular flexibility index (Phi) is 6.28. The number of amides is 2. The summed E-state index contributed by atoms with van der Waals surface area (Å²) >= 11 is 6.21. The first-order valence-electron chi connectivity index (χ1n) is 9.50. The fraction of sp³-hybridized carbons (Fsp3) is 0.304. The summed E-state index contributed by atoms with van der Waals surface area (Å²) in [5.41, 5.74) is 2.97. The number of imide groups is 1. The van der Waals surface area contributed by atoms with Crippen molar-refractivity contribution in [2.45, 2.75) is 33.8 Å². The first kappa shape index (κ1) is 20.9. The summed E-state index contributed by atoms with van der Waals surface area (Å²) < 4.78 is 11.3. The van der Waals surface area contributed by atoms with Crippen LogP contribution in [0.4, 0.5) is 0 Å². The van der Waals surface area contributed by atoms with E-state index in [0.29, 0.717) is 17.1 Å². The molecule has 0 unspecified atom stereocenters. The molecule has 1 aliphatic heterocycles. The van der Waals surface area contributed by atoms with Gasteiger partial charge in [0, 0.05) is 0 Å². The third-order valence-electron chi connectivity index (χ3n) is 4.41. The van der Waals surface area contributed by atoms with Gasteiger partial charge in [-0.3, -0.25) is 14.5 Å². The molecule has 0 saturated heterocycles. The highest BCUT2D eigenvalue weighted by Gasteiger charge is 2.37. The van der Waals surface area contributed by atoms with Crippen molar-refractivity contribution in [1.29, 1.82) is 0 Å². The minimum absolute atomic E-state index is 0.0472. The van der Waals surface area contributed by atoms with Gasteiger partial charge in [0.15, 0.2) is 0 Å². The Hall–Kier alpha value is -2.79. The van der Waals surface area contributed by atoms with Gasteiger partial charge in [0.2, 0.25) is 0 Å². The van der Waals surface area contributed by atoms with E-state index < -0.39 is 11.8 Å². The zero-order valence-electron chi connectivity index (χ0n) is 17.0. The third-order valence-corrected chi connectivity index (χ3v) is 4.76. The maximum Gasteiger partial charge on any atom is 0.273 e. The van der Waals surface area contributed by atoms with Crippen LogP contribution in [-0.2, 0) is 9.59 Å². The van der Waals surface area contributed by atoms with E-state index in [2.05, 4.69) is 0 Å². The van der Waals surface area contributed by atoms with Gasteiger partial charge in [-0.15, -0.1) is 0 Å². The topological polar surface area (TPSA) is 55.8 Å². The Labute approximate surface area is 175 Å². The summed E-state index contributed by atoms with van der Waals surface area (Å²) in [5.74, 6) is 0.484. The summed E-state index contributed by atoms with van der Waals surface area (Å²) in [5, 5.41) is -0.0704. The van der Waals surface area contributed by atoms with E-state index in [1.807, 2.05) is 45.9 Å². The van der Waals surface area contributed by atoms with Gasteiger partial charge in [0.05, 0.1) is 18.2 Å². The smallest absolute Gasteiger partial charge is 0.273 e. The number of aryl methyl sites for hydroxylation is 2. The maximum atomic E-state index is 12.8. The molecule has 0 N–H and O–H groups in total. The molecule has 1 heterocycles. The van der Waals surface area contributed by atoms with Gasteiger partial charge in [-0.1, -0.05) is 29.8 Å². The van der Waals surface area contributed by atoms with Crippen molar-refractivity contribution in [2.24, 2.45) is 0 Å². The molecular weight excluding hydrogens is 390 g/mol. The summed E-state index contributed by atoms with van der Waals surface area (Å²) in [6, 6.07) is 12.9. The highest BCUT2D eigenvalue weighted by atomic mass is 35.5. The average Bonchev–Trinajstić information content (AvgIpc) is 2.85. The van der Waals surface area contributed by atoms with E-state index in [9.17, 15) is 9.59 Å². The molecular formula is C23H24ClNO4. The zero-order chi connectivity index (χ0) is 21.1. The Bertz CT molecular complexity index is 943. The SMILES string of the molecule is Cc1cc(C)cc(OCCN2C(=O)C(Cl)=C(c3ccc(OC(C)C)cc3)C2=O)c1. The van der Waals surface area contributed by atoms with Crippen molar-refractivity contribution in [1.82, 2.24) is 4.90 Å². The van der Waals surface area contributed by atoms with Crippen LogP contribution in [0.1, 0.15) is 30.5 Å². The number of hydrogen-bond acceptors (Lipinski definition) is 4. The molecule has 29 heavy (non-hydrogen) atoms. The normalized spacial score (nSPS) is 14.2. The Morgan fingerprint density at radius 1 is 0.931 bits per heavy atom. The van der Waals surface area contributed by atoms with E-state index in [4.69, 9.17) is 21.1 Å². The largest absolute Gasteiger partial charge is 0.492 e. The molecule has 2 amide bonds. The molecule has 0 spiro atoms. The number of ether oxygens (including phenoxy) is 2. The molecule has 0 atom stereocenters. The van der Waals surface area contributed by atoms with E-state index in [0.717, 1.165) is 16.0 Å². The summed E-state index contributed by atoms with van der Waals surface area (Å²) in [6.45, 7) is 8.16. The summed E-state index contributed by atoms with van der Waals surface area (Å²) in [4.78, 5) is 26.4. The highest BCUT2D eigenvalue weighted by Crippen LogP contribution is 2.32. The molecule has 0 aromatic heterocycles. The lowest BCUT2D eigenvalue weighted by Crippen LogP contribution is -2.35. The second-order valence-electron chi connectivity index (χ2n) is 7.31. The van der Waals surface area contributed by atoms with Gasteiger partial charge >= 0.3 is 0 Å². The molecule has 1 aliphatic rings. The quantitative estimate of drug-likeness (QED) is 0.627. The maximum absolute atomic E-state index is 12.8. The van der Waals surface area contributed by atoms with Crippen molar-refractivity contribution in [3.8, 4) is 11.5 Å². The monoisotopic (exact) mass is 413 g/mol. The Morgan fingerprint density at radius 2 is 1.55 bits per heavy atom. The van der Waals surface area contributed by atoms with Gasteiger partial charge in [-0.05, 0) is 68.7 Å². The molecule has 0 radical (unpaired) electrons. The zero-order valence-corrected chi connectivity index (χ0v) is 17.7. The van der Waals surface area contributed by atoms with Crippen LogP contribution in [0.15, 0.2) is 47.5 Å². The number of benzene rings is 2. The van der Waals surface area contributed by atoms with Crippen LogP contribution in [0, 0.1) is 13.8 Å². The summed E-state index contributed by atoms with van der Waals surface area (Å²) in [7, 11) is 0. The first-order valence-corrected chi connectivity index (χ1v) is 9.88. The van der Waals surface area contributed by atoms with Gasteiger partial charge in [-0.25, -0.2) is 0 Å². The molecule has 2 aromatic rings. The lowest BCUT2D eigenvalue weighted by molar-refractivity contribution is -0.137. The predicted molar refractivity (Wildman–Crippen MR) is 113 cm³/mol. The van der Waals surface area contributed by atoms with Crippen molar-refractivity contribution in [3.63, 3.8) is 0 Å². The Balaban J connectivity index is 1.68. The molecule has 152 valence electrons. The number of nitrogens with zero attached hydrogens (tertiary/aromatic N) is 1. The van der Waals surface area contributed by atoms with Gasteiger partial charge < -0.3 is 9.47 Å². The standard InChI is InChI=1S/C23H24ClNO4/c1-14(2)29-18-7-5-17(6-8-18)20-21(24)23(27)25(22(20)26)9-10-28-19-12-15(3)11-16(4)13-19/h5-8,11-14H,9-10H2,1-4H3. The van der Waals surface area contributed by atoms with Crippen LogP contribution < -0.4 is 9.47 Å². The van der Waals surface area contributed by atoms with Crippen molar-refractivity contribution < 1.29 is 19.1 Å². The molecule has 5 nitrogen and oxygen atoms in total.